The molecule has 2 heterocycles. The predicted octanol–water partition coefficient (Wildman–Crippen LogP) is 4.97. The number of amides is 4. The molecular weight excluding hydrogens is 647 g/mol. The number of alkyl halides is 3. The Labute approximate surface area is 252 Å². The molecule has 0 bridgehead atoms. The van der Waals surface area contributed by atoms with Crippen molar-refractivity contribution in [1.82, 2.24) is 4.90 Å². The van der Waals surface area contributed by atoms with Crippen LogP contribution in [0.3, 0.4) is 0 Å². The maximum atomic E-state index is 14.0. The van der Waals surface area contributed by atoms with Crippen molar-refractivity contribution < 1.29 is 29.0 Å². The van der Waals surface area contributed by atoms with Crippen LogP contribution >= 0.6 is 50.7 Å². The van der Waals surface area contributed by atoms with E-state index in [4.69, 9.17) is 39.5 Å². The van der Waals surface area contributed by atoms with Crippen molar-refractivity contribution in [1.29, 1.82) is 0 Å². The molecule has 2 aliphatic heterocycles. The summed E-state index contributed by atoms with van der Waals surface area (Å²) in [5.74, 6) is -5.34. The van der Waals surface area contributed by atoms with Crippen LogP contribution in [0, 0.1) is 17.8 Å². The Kier molecular flexibility index (Phi) is 6.53. The Morgan fingerprint density at radius 1 is 1.02 bits per heavy atom. The maximum Gasteiger partial charge on any atom is 0.254 e. The van der Waals surface area contributed by atoms with Gasteiger partial charge in [-0.05, 0) is 61.2 Å². The maximum absolute atomic E-state index is 14.0. The number of anilines is 1. The van der Waals surface area contributed by atoms with Gasteiger partial charge >= 0.3 is 0 Å². The van der Waals surface area contributed by atoms with Gasteiger partial charge in [-0.1, -0.05) is 39.2 Å². The molecule has 1 N–H and O–H groups in total. The van der Waals surface area contributed by atoms with Crippen molar-refractivity contribution in [2.24, 2.45) is 17.8 Å². The normalized spacial score (nSPS) is 33.1. The molecule has 0 spiro atoms. The van der Waals surface area contributed by atoms with Crippen molar-refractivity contribution in [2.75, 3.05) is 17.5 Å². The number of aromatic hydroxyl groups is 1. The number of allylic oxidation sites excluding steroid dienone is 2. The minimum absolute atomic E-state index is 0.137. The number of hydrogen-bond acceptors (Lipinski definition) is 6. The number of rotatable bonds is 4. The van der Waals surface area contributed by atoms with E-state index in [1.165, 1.54) is 13.2 Å². The first-order chi connectivity index (χ1) is 19.0. The quantitative estimate of drug-likeness (QED) is 0.214. The molecule has 208 valence electrons. The third-order valence-electron chi connectivity index (χ3n) is 8.65. The number of hydrogen-bond donors (Lipinski definition) is 1. The first kappa shape index (κ1) is 27.6. The minimum atomic E-state index is -2.01. The van der Waals surface area contributed by atoms with Gasteiger partial charge in [-0.25, -0.2) is 0 Å². The second kappa shape index (κ2) is 9.48. The van der Waals surface area contributed by atoms with Gasteiger partial charge in [-0.15, -0.1) is 23.2 Å². The molecule has 0 radical (unpaired) electrons. The topological polar surface area (TPSA) is 104 Å². The lowest BCUT2D eigenvalue weighted by molar-refractivity contribution is -0.138. The largest absolute Gasteiger partial charge is 0.508 e. The van der Waals surface area contributed by atoms with Crippen LogP contribution in [0.4, 0.5) is 5.69 Å². The van der Waals surface area contributed by atoms with Gasteiger partial charge in [0.25, 0.3) is 11.8 Å². The third kappa shape index (κ3) is 3.50. The van der Waals surface area contributed by atoms with Crippen LogP contribution in [0.5, 0.6) is 11.5 Å². The van der Waals surface area contributed by atoms with Crippen LogP contribution in [0.1, 0.15) is 24.3 Å². The fourth-order valence-corrected chi connectivity index (χ4v) is 8.38. The van der Waals surface area contributed by atoms with Crippen molar-refractivity contribution >= 4 is 80.0 Å². The Hall–Kier alpha value is -2.59. The first-order valence-electron chi connectivity index (χ1n) is 12.5. The highest BCUT2D eigenvalue weighted by molar-refractivity contribution is 9.09. The zero-order valence-corrected chi connectivity index (χ0v) is 24.8. The number of imide groups is 2. The van der Waals surface area contributed by atoms with Gasteiger partial charge in [0, 0.05) is 16.5 Å². The average molecular weight is 669 g/mol. The van der Waals surface area contributed by atoms with Crippen LogP contribution in [-0.4, -0.2) is 55.9 Å². The van der Waals surface area contributed by atoms with Crippen LogP contribution in [0.25, 0.3) is 0 Å². The number of nitrogens with zero attached hydrogens (tertiary/aromatic N) is 2. The summed E-state index contributed by atoms with van der Waals surface area (Å²) in [5.41, 5.74) is 1.06. The second-order valence-corrected chi connectivity index (χ2v) is 12.6. The van der Waals surface area contributed by atoms with E-state index in [-0.39, 0.29) is 35.5 Å². The lowest BCUT2D eigenvalue weighted by atomic mass is 9.56. The minimum Gasteiger partial charge on any atom is -0.508 e. The third-order valence-corrected chi connectivity index (χ3v) is 10.8. The fraction of sp³-hybridized carbons (Fsp3) is 0.357. The molecule has 4 aliphatic rings. The Bertz CT molecular complexity index is 1520. The number of likely N-dealkylation sites (tertiary alicyclic amines) is 1. The Morgan fingerprint density at radius 3 is 2.38 bits per heavy atom. The summed E-state index contributed by atoms with van der Waals surface area (Å²) >= 11 is 23.6. The molecule has 1 saturated carbocycles. The number of fused-ring (bicyclic) bond motifs is 4. The van der Waals surface area contributed by atoms with E-state index in [1.54, 1.807) is 42.5 Å². The van der Waals surface area contributed by atoms with Crippen molar-refractivity contribution in [3.05, 3.63) is 64.7 Å². The standard InChI is InChI=1S/C28H22BrCl3N2O6/c1-40-15-6-9-20(35)18(10-15)22-16-7-8-17-21(24(37)34(23(17)36)14-4-2-13(30)3-5-14)19(16)11-27(31)25(38)33(12-29)26(39)28(22,27)32/h2-7,9-10,17,19,21-22,35H,8,11-12H2,1H3/t17-,19+,21-,22+,27+,28-/m0/s1. The van der Waals surface area contributed by atoms with Gasteiger partial charge in [0.05, 0.1) is 30.1 Å². The lowest BCUT2D eigenvalue weighted by Gasteiger charge is -2.50. The van der Waals surface area contributed by atoms with Crippen LogP contribution in [0.15, 0.2) is 54.1 Å². The molecule has 2 aliphatic carbocycles. The van der Waals surface area contributed by atoms with Gasteiger partial charge in [0.1, 0.15) is 11.5 Å². The van der Waals surface area contributed by atoms with Crippen LogP contribution in [-0.2, 0) is 19.2 Å². The molecule has 0 aromatic heterocycles. The summed E-state index contributed by atoms with van der Waals surface area (Å²) in [7, 11) is 1.46. The number of ether oxygens (including phenoxy) is 1. The lowest BCUT2D eigenvalue weighted by Crippen LogP contribution is -2.60. The summed E-state index contributed by atoms with van der Waals surface area (Å²) in [4.78, 5) is 53.2. The van der Waals surface area contributed by atoms with Gasteiger partial charge in [-0.3, -0.25) is 29.0 Å². The zero-order valence-electron chi connectivity index (χ0n) is 20.9. The van der Waals surface area contributed by atoms with E-state index < -0.39 is 51.1 Å². The van der Waals surface area contributed by atoms with Crippen molar-refractivity contribution in [3.63, 3.8) is 0 Å². The number of phenols is 1. The smallest absolute Gasteiger partial charge is 0.254 e. The highest BCUT2D eigenvalue weighted by Crippen LogP contribution is 2.66. The Balaban J connectivity index is 1.54. The SMILES string of the molecule is COc1ccc(O)c([C@H]2C3=CC[C@@H]4C(=O)N(c5ccc(Cl)cc5)C(=O)[C@@H]4[C@@H]3C[C@@]3(Cl)C(=O)N(CBr)C(=O)[C@@]23Cl)c1. The van der Waals surface area contributed by atoms with Crippen molar-refractivity contribution in [3.8, 4) is 11.5 Å². The monoisotopic (exact) mass is 666 g/mol. The molecule has 8 nitrogen and oxygen atoms in total. The summed E-state index contributed by atoms with van der Waals surface area (Å²) in [6.07, 6.45) is 1.87. The molecule has 2 aromatic rings. The molecule has 3 fully saturated rings. The Morgan fingerprint density at radius 2 is 1.73 bits per heavy atom. The summed E-state index contributed by atoms with van der Waals surface area (Å²) in [6.45, 7) is 0. The molecule has 4 amide bonds. The summed E-state index contributed by atoms with van der Waals surface area (Å²) in [6, 6.07) is 10.9. The highest BCUT2D eigenvalue weighted by atomic mass is 79.9. The molecule has 2 aromatic carbocycles. The van der Waals surface area contributed by atoms with E-state index in [2.05, 4.69) is 15.9 Å². The number of carbonyl (C=O) groups excluding carboxylic acids is 4. The molecule has 6 atom stereocenters. The van der Waals surface area contributed by atoms with E-state index in [0.29, 0.717) is 22.0 Å². The molecule has 2 saturated heterocycles. The molecule has 12 heteroatoms. The summed E-state index contributed by atoms with van der Waals surface area (Å²) in [5, 5.41) is 11.5. The van der Waals surface area contributed by atoms with Gasteiger partial charge in [0.2, 0.25) is 11.8 Å². The fourth-order valence-electron chi connectivity index (χ4n) is 6.83. The van der Waals surface area contributed by atoms with E-state index in [1.807, 2.05) is 0 Å². The number of methoxy groups -OCH3 is 1. The molecule has 0 unspecified atom stereocenters. The number of carbonyl (C=O) groups is 4. The first-order valence-corrected chi connectivity index (χ1v) is 14.8. The number of halogens is 4. The highest BCUT2D eigenvalue weighted by Gasteiger charge is 2.76. The van der Waals surface area contributed by atoms with E-state index in [9.17, 15) is 24.3 Å². The predicted molar refractivity (Wildman–Crippen MR) is 152 cm³/mol. The number of phenolic OH excluding ortho intramolecular Hbond substituents is 1. The summed E-state index contributed by atoms with van der Waals surface area (Å²) < 4.78 is 5.38. The molecular formula is C28H22BrCl3N2O6. The van der Waals surface area contributed by atoms with E-state index in [0.717, 1.165) is 9.80 Å². The van der Waals surface area contributed by atoms with Gasteiger partial charge < -0.3 is 9.84 Å². The molecule has 40 heavy (non-hydrogen) atoms. The zero-order chi connectivity index (χ0) is 28.7. The van der Waals surface area contributed by atoms with Gasteiger partial charge in [-0.2, -0.15) is 0 Å². The van der Waals surface area contributed by atoms with Crippen LogP contribution < -0.4 is 9.64 Å². The molecule has 6 rings (SSSR count). The van der Waals surface area contributed by atoms with Gasteiger partial charge in [0.15, 0.2) is 9.75 Å². The number of benzene rings is 2. The van der Waals surface area contributed by atoms with Crippen molar-refractivity contribution in [2.45, 2.75) is 28.5 Å². The second-order valence-electron chi connectivity index (χ2n) is 10.4. The van der Waals surface area contributed by atoms with Crippen LogP contribution in [0.2, 0.25) is 5.02 Å². The van der Waals surface area contributed by atoms with E-state index >= 15 is 0 Å². The average Bonchev–Trinajstić information content (AvgIpc) is 3.27.